The molecular formula is C16H21NO3. The Morgan fingerprint density at radius 2 is 2.00 bits per heavy atom. The molecule has 2 rings (SSSR count). The van der Waals surface area contributed by atoms with Gasteiger partial charge in [0.1, 0.15) is 0 Å². The van der Waals surface area contributed by atoms with E-state index >= 15 is 0 Å². The molecule has 0 saturated carbocycles. The Kier molecular flexibility index (Phi) is 3.86. The Labute approximate surface area is 118 Å². The van der Waals surface area contributed by atoms with E-state index in [-0.39, 0.29) is 0 Å². The number of carboxylic acid groups (broad SMARTS) is 1. The highest BCUT2D eigenvalue weighted by molar-refractivity contribution is 6.04. The highest BCUT2D eigenvalue weighted by atomic mass is 16.4. The monoisotopic (exact) mass is 275 g/mol. The van der Waals surface area contributed by atoms with Crippen LogP contribution in [0.1, 0.15) is 54.1 Å². The van der Waals surface area contributed by atoms with Gasteiger partial charge < -0.3 is 14.8 Å². The molecule has 0 saturated heterocycles. The van der Waals surface area contributed by atoms with Crippen LogP contribution >= 0.6 is 0 Å². The van der Waals surface area contributed by atoms with Crippen molar-refractivity contribution in [3.05, 3.63) is 34.5 Å². The lowest BCUT2D eigenvalue weighted by Crippen LogP contribution is -2.04. The van der Waals surface area contributed by atoms with Crippen molar-refractivity contribution < 1.29 is 15.0 Å². The molecule has 4 nitrogen and oxygen atoms in total. The van der Waals surface area contributed by atoms with Gasteiger partial charge in [-0.25, -0.2) is 4.79 Å². The smallest absolute Gasteiger partial charge is 0.337 e. The second kappa shape index (κ2) is 5.29. The minimum absolute atomic E-state index is 0.316. The predicted octanol–water partition coefficient (Wildman–Crippen LogP) is 3.28. The molecule has 2 aromatic rings. The number of carboxylic acids is 1. The van der Waals surface area contributed by atoms with Gasteiger partial charge in [-0.05, 0) is 44.9 Å². The number of hydrogen-bond donors (Lipinski definition) is 2. The topological polar surface area (TPSA) is 62.5 Å². The number of benzene rings is 1. The molecule has 0 aliphatic rings. The van der Waals surface area contributed by atoms with Crippen molar-refractivity contribution in [3.8, 4) is 0 Å². The molecule has 0 amide bonds. The Hall–Kier alpha value is -1.81. The zero-order valence-electron chi connectivity index (χ0n) is 12.4. The van der Waals surface area contributed by atoms with Crippen LogP contribution in [-0.2, 0) is 13.0 Å². The van der Waals surface area contributed by atoms with Gasteiger partial charge in [-0.3, -0.25) is 0 Å². The van der Waals surface area contributed by atoms with Gasteiger partial charge in [0, 0.05) is 23.2 Å². The summed E-state index contributed by atoms with van der Waals surface area (Å²) in [5.74, 6) is -0.922. The Balaban J connectivity index is 2.99. The standard InChI is InChI=1S/C16H21NO3/c1-5-11-7-12-14(10(4)18)9(3)17(6-2)15(12)13(8-11)16(19)20/h7-8,10,18H,5-6H2,1-4H3,(H,19,20). The lowest BCUT2D eigenvalue weighted by Gasteiger charge is -2.08. The molecule has 20 heavy (non-hydrogen) atoms. The average molecular weight is 275 g/mol. The van der Waals surface area contributed by atoms with Gasteiger partial charge in [-0.2, -0.15) is 0 Å². The molecule has 1 unspecified atom stereocenters. The fraction of sp³-hybridized carbons (Fsp3) is 0.438. The predicted molar refractivity (Wildman–Crippen MR) is 79.3 cm³/mol. The van der Waals surface area contributed by atoms with Crippen LogP contribution < -0.4 is 0 Å². The van der Waals surface area contributed by atoms with Crippen molar-refractivity contribution >= 4 is 16.9 Å². The summed E-state index contributed by atoms with van der Waals surface area (Å²) in [5, 5.41) is 20.4. The van der Waals surface area contributed by atoms with Gasteiger partial charge in [0.05, 0.1) is 17.2 Å². The summed E-state index contributed by atoms with van der Waals surface area (Å²) in [6.45, 7) is 8.32. The number of nitrogens with zero attached hydrogens (tertiary/aromatic N) is 1. The van der Waals surface area contributed by atoms with Crippen LogP contribution in [0.5, 0.6) is 0 Å². The zero-order chi connectivity index (χ0) is 15.0. The van der Waals surface area contributed by atoms with Crippen molar-refractivity contribution in [3.63, 3.8) is 0 Å². The first-order chi connectivity index (χ1) is 9.42. The summed E-state index contributed by atoms with van der Waals surface area (Å²) in [4.78, 5) is 11.6. The van der Waals surface area contributed by atoms with E-state index in [0.717, 1.165) is 28.6 Å². The van der Waals surface area contributed by atoms with Crippen molar-refractivity contribution in [2.75, 3.05) is 0 Å². The van der Waals surface area contributed by atoms with Crippen LogP contribution in [-0.4, -0.2) is 20.7 Å². The van der Waals surface area contributed by atoms with Crippen molar-refractivity contribution in [1.82, 2.24) is 4.57 Å². The third-order valence-corrected chi connectivity index (χ3v) is 3.90. The number of aliphatic hydroxyl groups is 1. The lowest BCUT2D eigenvalue weighted by atomic mass is 10.00. The highest BCUT2D eigenvalue weighted by Gasteiger charge is 2.22. The van der Waals surface area contributed by atoms with Gasteiger partial charge in [0.15, 0.2) is 0 Å². The van der Waals surface area contributed by atoms with Gasteiger partial charge in [-0.15, -0.1) is 0 Å². The molecule has 0 radical (unpaired) electrons. The number of hydrogen-bond acceptors (Lipinski definition) is 2. The normalized spacial score (nSPS) is 12.8. The summed E-state index contributed by atoms with van der Waals surface area (Å²) in [6.07, 6.45) is 0.158. The van der Waals surface area contributed by atoms with Gasteiger partial charge in [0.2, 0.25) is 0 Å². The van der Waals surface area contributed by atoms with E-state index in [1.54, 1.807) is 13.0 Å². The molecule has 1 aromatic carbocycles. The maximum atomic E-state index is 11.6. The van der Waals surface area contributed by atoms with Crippen LogP contribution in [0.3, 0.4) is 0 Å². The van der Waals surface area contributed by atoms with E-state index in [2.05, 4.69) is 0 Å². The van der Waals surface area contributed by atoms with Crippen LogP contribution in [0, 0.1) is 6.92 Å². The Bertz CT molecular complexity index is 668. The minimum Gasteiger partial charge on any atom is -0.478 e. The van der Waals surface area contributed by atoms with E-state index in [1.165, 1.54) is 0 Å². The number of aromatic carboxylic acids is 1. The van der Waals surface area contributed by atoms with Gasteiger partial charge in [-0.1, -0.05) is 6.92 Å². The molecule has 1 atom stereocenters. The van der Waals surface area contributed by atoms with E-state index in [9.17, 15) is 15.0 Å². The number of aliphatic hydroxyl groups excluding tert-OH is 1. The van der Waals surface area contributed by atoms with Crippen LogP contribution in [0.4, 0.5) is 0 Å². The first-order valence-corrected chi connectivity index (χ1v) is 6.99. The molecule has 1 heterocycles. The second-order valence-corrected chi connectivity index (χ2v) is 5.12. The number of rotatable bonds is 4. The zero-order valence-corrected chi connectivity index (χ0v) is 12.4. The SMILES string of the molecule is CCc1cc(C(=O)O)c2c(c1)c(C(C)O)c(C)n2CC. The average Bonchev–Trinajstić information content (AvgIpc) is 2.68. The molecule has 0 fully saturated rings. The van der Waals surface area contributed by atoms with E-state index in [4.69, 9.17) is 0 Å². The molecule has 108 valence electrons. The van der Waals surface area contributed by atoms with Crippen molar-refractivity contribution in [2.24, 2.45) is 0 Å². The Morgan fingerprint density at radius 1 is 1.35 bits per heavy atom. The molecule has 2 N–H and O–H groups in total. The molecule has 0 bridgehead atoms. The second-order valence-electron chi connectivity index (χ2n) is 5.12. The van der Waals surface area contributed by atoms with Crippen LogP contribution in [0.2, 0.25) is 0 Å². The summed E-state index contributed by atoms with van der Waals surface area (Å²) in [6, 6.07) is 3.74. The van der Waals surface area contributed by atoms with Crippen molar-refractivity contribution in [1.29, 1.82) is 0 Å². The largest absolute Gasteiger partial charge is 0.478 e. The number of fused-ring (bicyclic) bond motifs is 1. The maximum absolute atomic E-state index is 11.6. The third kappa shape index (κ3) is 2.10. The molecule has 0 aliphatic carbocycles. The van der Waals surface area contributed by atoms with Gasteiger partial charge >= 0.3 is 5.97 Å². The summed E-state index contributed by atoms with van der Waals surface area (Å²) in [7, 11) is 0. The first-order valence-electron chi connectivity index (χ1n) is 6.99. The Morgan fingerprint density at radius 3 is 2.45 bits per heavy atom. The fourth-order valence-electron chi connectivity index (χ4n) is 2.99. The third-order valence-electron chi connectivity index (χ3n) is 3.90. The number of aromatic nitrogens is 1. The summed E-state index contributed by atoms with van der Waals surface area (Å²) in [5.41, 5.74) is 3.78. The highest BCUT2D eigenvalue weighted by Crippen LogP contribution is 2.34. The fourth-order valence-corrected chi connectivity index (χ4v) is 2.99. The van der Waals surface area contributed by atoms with Gasteiger partial charge in [0.25, 0.3) is 0 Å². The lowest BCUT2D eigenvalue weighted by molar-refractivity contribution is 0.0698. The molecule has 1 aromatic heterocycles. The molecule has 0 aliphatic heterocycles. The van der Waals surface area contributed by atoms with Crippen LogP contribution in [0.25, 0.3) is 10.9 Å². The van der Waals surface area contributed by atoms with E-state index in [0.29, 0.717) is 17.6 Å². The quantitative estimate of drug-likeness (QED) is 0.900. The summed E-state index contributed by atoms with van der Waals surface area (Å²) >= 11 is 0. The number of aryl methyl sites for hydroxylation is 2. The summed E-state index contributed by atoms with van der Waals surface area (Å²) < 4.78 is 1.97. The number of carbonyl (C=O) groups is 1. The van der Waals surface area contributed by atoms with E-state index in [1.807, 2.05) is 31.4 Å². The van der Waals surface area contributed by atoms with Crippen molar-refractivity contribution in [2.45, 2.75) is 46.8 Å². The molecule has 0 spiro atoms. The van der Waals surface area contributed by atoms with Crippen LogP contribution in [0.15, 0.2) is 12.1 Å². The van der Waals surface area contributed by atoms with E-state index < -0.39 is 12.1 Å². The maximum Gasteiger partial charge on any atom is 0.337 e. The molecule has 4 heteroatoms. The first kappa shape index (κ1) is 14.6. The molecular weight excluding hydrogens is 254 g/mol. The minimum atomic E-state index is -0.922.